The summed E-state index contributed by atoms with van der Waals surface area (Å²) in [5, 5.41) is 2.33. The van der Waals surface area contributed by atoms with Gasteiger partial charge in [0.1, 0.15) is 0 Å². The van der Waals surface area contributed by atoms with E-state index >= 15 is 0 Å². The molecule has 5 nitrogen and oxygen atoms in total. The molecule has 3 aromatic heterocycles. The van der Waals surface area contributed by atoms with Crippen molar-refractivity contribution in [1.29, 1.82) is 0 Å². The van der Waals surface area contributed by atoms with Gasteiger partial charge in [-0.2, -0.15) is 0 Å². The van der Waals surface area contributed by atoms with Crippen LogP contribution in [0.5, 0.6) is 11.5 Å². The number of nitrogens with zero attached hydrogens (tertiary/aromatic N) is 4. The van der Waals surface area contributed by atoms with Crippen LogP contribution in [-0.2, 0) is 41.0 Å². The molecule has 0 radical (unpaired) electrons. The first kappa shape index (κ1) is 45.5. The second kappa shape index (κ2) is 16.1. The van der Waals surface area contributed by atoms with Crippen molar-refractivity contribution in [2.45, 2.75) is 84.0 Å². The molecule has 0 atom stereocenters. The summed E-state index contributed by atoms with van der Waals surface area (Å²) in [5.74, 6) is 2.40. The third kappa shape index (κ3) is 6.91. The molecule has 2 aliphatic rings. The van der Waals surface area contributed by atoms with Crippen LogP contribution >= 0.6 is 0 Å². The van der Waals surface area contributed by atoms with Crippen molar-refractivity contribution >= 4 is 32.8 Å². The number of pyridine rings is 1. The summed E-state index contributed by atoms with van der Waals surface area (Å²) in [5.41, 5.74) is 20.4. The molecule has 0 unspecified atom stereocenters. The second-order valence-corrected chi connectivity index (χ2v) is 24.3. The van der Waals surface area contributed by atoms with Crippen LogP contribution in [0.2, 0.25) is 0 Å². The Balaban J connectivity index is 0.982. The molecule has 0 aliphatic heterocycles. The van der Waals surface area contributed by atoms with Gasteiger partial charge in [0.25, 0.3) is 0 Å². The van der Waals surface area contributed by atoms with Gasteiger partial charge in [0.15, 0.2) is 0 Å². The summed E-state index contributed by atoms with van der Waals surface area (Å²) in [6.07, 6.45) is 1.97. The molecular formula is C67H58N4OPt. The Morgan fingerprint density at radius 2 is 0.932 bits per heavy atom. The number of para-hydroxylation sites is 2. The summed E-state index contributed by atoms with van der Waals surface area (Å²) in [6.45, 7) is 20.6. The maximum atomic E-state index is 6.99. The molecule has 6 heteroatoms. The van der Waals surface area contributed by atoms with Crippen LogP contribution in [0.15, 0.2) is 188 Å². The van der Waals surface area contributed by atoms with Gasteiger partial charge in [-0.3, -0.25) is 0 Å². The van der Waals surface area contributed by atoms with Crippen molar-refractivity contribution in [3.63, 3.8) is 0 Å². The van der Waals surface area contributed by atoms with Gasteiger partial charge in [0.05, 0.1) is 5.41 Å². The number of rotatable bonds is 5. The summed E-state index contributed by atoms with van der Waals surface area (Å²) in [4.78, 5) is 5.16. The number of aromatic nitrogens is 4. The van der Waals surface area contributed by atoms with E-state index in [1.54, 1.807) is 0 Å². The van der Waals surface area contributed by atoms with Gasteiger partial charge in [-0.1, -0.05) is 93.6 Å². The van der Waals surface area contributed by atoms with Gasteiger partial charge >= 0.3 is 275 Å². The van der Waals surface area contributed by atoms with Crippen molar-refractivity contribution in [2.75, 3.05) is 0 Å². The molecule has 1 spiro atoms. The first-order valence-electron chi connectivity index (χ1n) is 25.5. The molecule has 2 aliphatic carbocycles. The molecule has 0 amide bonds. The predicted molar refractivity (Wildman–Crippen MR) is 297 cm³/mol. The van der Waals surface area contributed by atoms with Crippen LogP contribution in [0.25, 0.3) is 72.3 Å². The van der Waals surface area contributed by atoms with Gasteiger partial charge in [-0.15, -0.1) is 0 Å². The van der Waals surface area contributed by atoms with E-state index in [1.807, 2.05) is 6.20 Å². The number of ether oxygens (including phenoxy) is 1. The standard InChI is InChI=1S/C67H58N4O.Pt/c1-64(2,3)42-31-32-68-63(36-42)71-61-38-48(72-47-20-18-19-45(37-47)69-41-70(60-28-17-16-27-59(60)69)46-34-43(65(4,5)6)33-44(35-46)66(7,8)9)29-30-52(61)54-39-53-51-23-12-15-26-57(51)67(58(53)40-62(54)71)55-24-13-10-21-49(55)50-22-11-14-25-56(50)67;/h10-40H,1-9H3;. The molecule has 0 fully saturated rings. The summed E-state index contributed by atoms with van der Waals surface area (Å²) in [7, 11) is 0. The van der Waals surface area contributed by atoms with Crippen LogP contribution in [-0.4, -0.2) is 18.7 Å². The van der Waals surface area contributed by atoms with Gasteiger partial charge in [0.2, 0.25) is 0 Å². The zero-order chi connectivity index (χ0) is 50.3. The average molecular weight is 1130 g/mol. The van der Waals surface area contributed by atoms with E-state index < -0.39 is 5.41 Å². The monoisotopic (exact) mass is 1130 g/mol. The Morgan fingerprint density at radius 1 is 0.397 bits per heavy atom. The zero-order valence-electron chi connectivity index (χ0n) is 42.9. The number of benzene rings is 8. The quantitative estimate of drug-likeness (QED) is 0.172. The topological polar surface area (TPSA) is 36.9 Å². The molecule has 0 bridgehead atoms. The van der Waals surface area contributed by atoms with Gasteiger partial charge in [-0.05, 0) is 61.6 Å². The van der Waals surface area contributed by atoms with E-state index in [9.17, 15) is 0 Å². The number of imidazole rings is 1. The SMILES string of the molecule is CC(C)(C)c1cc(-n2[c](=[Pt])n(-c3cccc(Oc4ccc5c6cc7c(cc6n(-c6cc(C(C)(C)C)ccn6)c5c4)C4(c5ccccc5-c5ccccc54)c4ccccc4-7)c3)c3ccccc32)cc(C(C)(C)C)c1. The van der Waals surface area contributed by atoms with Gasteiger partial charge in [-0.25, -0.2) is 0 Å². The second-order valence-electron chi connectivity index (χ2n) is 23.2. The third-order valence-electron chi connectivity index (χ3n) is 15.6. The molecule has 0 N–H and O–H groups in total. The van der Waals surface area contributed by atoms with E-state index in [4.69, 9.17) is 9.72 Å². The molecule has 11 aromatic rings. The molecular weight excluding hydrogens is 1070 g/mol. The summed E-state index contributed by atoms with van der Waals surface area (Å²) in [6, 6.07) is 67.4. The number of fused-ring (bicyclic) bond motifs is 14. The van der Waals surface area contributed by atoms with E-state index in [0.717, 1.165) is 54.3 Å². The molecule has 362 valence electrons. The number of hydrogen-bond acceptors (Lipinski definition) is 2. The molecule has 73 heavy (non-hydrogen) atoms. The van der Waals surface area contributed by atoms with Crippen LogP contribution in [0.3, 0.4) is 0 Å². The first-order chi connectivity index (χ1) is 35.0. The Morgan fingerprint density at radius 3 is 1.53 bits per heavy atom. The summed E-state index contributed by atoms with van der Waals surface area (Å²) < 4.78 is 15.2. The van der Waals surface area contributed by atoms with Crippen LogP contribution in [0, 0.1) is 3.80 Å². The molecule has 0 saturated heterocycles. The third-order valence-corrected chi connectivity index (χ3v) is 16.6. The van der Waals surface area contributed by atoms with Crippen molar-refractivity contribution in [1.82, 2.24) is 18.7 Å². The van der Waals surface area contributed by atoms with E-state index in [2.05, 4.69) is 277 Å². The van der Waals surface area contributed by atoms with E-state index in [0.29, 0.717) is 0 Å². The molecule has 3 heterocycles. The minimum absolute atomic E-state index is 0.0129. The Bertz CT molecular complexity index is 4080. The zero-order valence-corrected chi connectivity index (χ0v) is 45.2. The maximum absolute atomic E-state index is 6.99. The first-order valence-corrected chi connectivity index (χ1v) is 26.7. The van der Waals surface area contributed by atoms with Crippen molar-refractivity contribution in [3.8, 4) is 50.9 Å². The van der Waals surface area contributed by atoms with Gasteiger partial charge < -0.3 is 0 Å². The van der Waals surface area contributed by atoms with Crippen molar-refractivity contribution in [2.24, 2.45) is 0 Å². The summed E-state index contributed by atoms with van der Waals surface area (Å²) >= 11 is 2.51. The van der Waals surface area contributed by atoms with E-state index in [1.165, 1.54) is 72.3 Å². The van der Waals surface area contributed by atoms with Crippen LogP contribution in [0.1, 0.15) is 101 Å². The van der Waals surface area contributed by atoms with Crippen LogP contribution < -0.4 is 4.74 Å². The van der Waals surface area contributed by atoms with Crippen molar-refractivity contribution < 1.29 is 24.1 Å². The molecule has 13 rings (SSSR count). The van der Waals surface area contributed by atoms with Crippen molar-refractivity contribution in [3.05, 3.63) is 231 Å². The molecule has 8 aromatic carbocycles. The molecule has 0 saturated carbocycles. The fraction of sp³-hybridized carbons (Fsp3) is 0.194. The Kier molecular flexibility index (Phi) is 10.0. The fourth-order valence-corrected chi connectivity index (χ4v) is 13.1. The Labute approximate surface area is 438 Å². The normalized spacial score (nSPS) is 13.7. The van der Waals surface area contributed by atoms with Gasteiger partial charge in [0, 0.05) is 6.20 Å². The average Bonchev–Trinajstić information content (AvgIpc) is 4.06. The fourth-order valence-electron chi connectivity index (χ4n) is 11.9. The minimum atomic E-state index is -0.470. The van der Waals surface area contributed by atoms with Crippen LogP contribution in [0.4, 0.5) is 0 Å². The number of hydrogen-bond donors (Lipinski definition) is 0. The van der Waals surface area contributed by atoms with E-state index in [-0.39, 0.29) is 16.2 Å². The Hall–Kier alpha value is -7.33. The predicted octanol–water partition coefficient (Wildman–Crippen LogP) is 17.0.